The second-order valence-corrected chi connectivity index (χ2v) is 14.4. The molecule has 0 fully saturated rings. The fourth-order valence-corrected chi connectivity index (χ4v) is 7.14. The first-order chi connectivity index (χ1) is 20.3. The van der Waals surface area contributed by atoms with Gasteiger partial charge in [0, 0.05) is 64.7 Å². The van der Waals surface area contributed by atoms with Crippen LogP contribution >= 0.6 is 12.0 Å². The first-order valence-corrected chi connectivity index (χ1v) is 16.9. The lowest BCUT2D eigenvalue weighted by molar-refractivity contribution is -0.438. The van der Waals surface area contributed by atoms with Gasteiger partial charge in [0.2, 0.25) is 5.69 Å². The third kappa shape index (κ3) is 6.76. The zero-order valence-corrected chi connectivity index (χ0v) is 28.0. The molecular formula is C34H45N2O5S2+. The summed E-state index contributed by atoms with van der Waals surface area (Å²) >= 11 is -1.10. The first-order valence-electron chi connectivity index (χ1n) is 15.1. The zero-order chi connectivity index (χ0) is 31.5. The van der Waals surface area contributed by atoms with E-state index in [0.29, 0.717) is 17.1 Å². The number of benzene rings is 2. The Balaban J connectivity index is 1.67. The Morgan fingerprint density at radius 2 is 1.81 bits per heavy atom. The van der Waals surface area contributed by atoms with Crippen LogP contribution in [0.15, 0.2) is 70.1 Å². The number of carbonyl (C=O) groups is 1. The number of allylic oxidation sites excluding steroid dienone is 4. The van der Waals surface area contributed by atoms with Crippen molar-refractivity contribution in [2.24, 2.45) is 5.92 Å². The Hall–Kier alpha value is -2.56. The molecule has 0 radical (unpaired) electrons. The molecule has 0 aliphatic carbocycles. The van der Waals surface area contributed by atoms with Crippen molar-refractivity contribution in [1.29, 1.82) is 0 Å². The summed E-state index contributed by atoms with van der Waals surface area (Å²) in [5.41, 5.74) is 6.11. The molecule has 43 heavy (non-hydrogen) atoms. The maximum Gasteiger partial charge on any atom is 0.209 e. The smallest absolute Gasteiger partial charge is 0.209 e. The van der Waals surface area contributed by atoms with Crippen LogP contribution in [0.5, 0.6) is 0 Å². The van der Waals surface area contributed by atoms with Crippen molar-refractivity contribution in [2.45, 2.75) is 94.8 Å². The number of likely N-dealkylation sites (N-methyl/N-ethyl adjacent to an activating group) is 1. The number of fused-ring (bicyclic) bond motifs is 2. The molecule has 0 amide bonds. The number of hydrogen-bond donors (Lipinski definition) is 2. The van der Waals surface area contributed by atoms with E-state index in [-0.39, 0.29) is 16.7 Å². The third-order valence-electron chi connectivity index (χ3n) is 8.84. The van der Waals surface area contributed by atoms with Crippen LogP contribution in [-0.4, -0.2) is 43.2 Å². The van der Waals surface area contributed by atoms with Gasteiger partial charge in [-0.25, -0.2) is 9.47 Å². The number of ketones is 1. The van der Waals surface area contributed by atoms with Crippen molar-refractivity contribution in [3.8, 4) is 0 Å². The Bertz CT molecular complexity index is 1490. The van der Waals surface area contributed by atoms with Crippen LogP contribution in [0.2, 0.25) is 0 Å². The van der Waals surface area contributed by atoms with E-state index in [0.717, 1.165) is 71.9 Å². The summed E-state index contributed by atoms with van der Waals surface area (Å²) in [6, 6.07) is 11.7. The summed E-state index contributed by atoms with van der Waals surface area (Å²) < 4.78 is 28.2. The average molecular weight is 626 g/mol. The third-order valence-corrected chi connectivity index (χ3v) is 10.0. The number of hydrogen-bond acceptors (Lipinski definition) is 6. The van der Waals surface area contributed by atoms with E-state index in [1.165, 1.54) is 11.3 Å². The number of rotatable bonds is 13. The molecular weight excluding hydrogens is 581 g/mol. The van der Waals surface area contributed by atoms with E-state index in [1.54, 1.807) is 6.07 Å². The van der Waals surface area contributed by atoms with Gasteiger partial charge in [-0.05, 0) is 75.6 Å². The molecule has 4 rings (SSSR count). The highest BCUT2D eigenvalue weighted by Crippen LogP contribution is 2.48. The van der Waals surface area contributed by atoms with Gasteiger partial charge >= 0.3 is 0 Å². The van der Waals surface area contributed by atoms with Gasteiger partial charge in [-0.3, -0.25) is 4.79 Å². The average Bonchev–Trinajstić information content (AvgIpc) is 3.30. The summed E-state index contributed by atoms with van der Waals surface area (Å²) in [5.74, 6) is 0.411. The minimum atomic E-state index is -2.03. The Labute approximate surface area is 263 Å². The lowest BCUT2D eigenvalue weighted by Gasteiger charge is -2.25. The molecule has 0 aromatic heterocycles. The molecule has 2 aromatic rings. The molecule has 0 bridgehead atoms. The molecule has 2 aromatic carbocycles. The molecule has 0 spiro atoms. The van der Waals surface area contributed by atoms with Gasteiger partial charge in [0.1, 0.15) is 12.3 Å². The molecule has 0 saturated heterocycles. The predicted octanol–water partition coefficient (Wildman–Crippen LogP) is 8.18. The standard InChI is InChI=1S/C34H44N2O5S2/c1-8-35-28-19-17-25(43(39)40)22-27(28)34(6,7)31(35)14-12-15-32-33(4,5)26-21-24(42-41-38)16-18-29(26)36(32)20-11-9-10-13-30(37)23(2)3/h12,14-19,21-23H,8-11,13,20H2,1-7H3,(H-,38,39,40)/p+1. The molecule has 7 nitrogen and oxygen atoms in total. The van der Waals surface area contributed by atoms with E-state index < -0.39 is 11.1 Å². The number of Topliss-reactive ketones (excluding diaryl/α,β-unsaturated/α-hetero) is 1. The fourth-order valence-electron chi connectivity index (χ4n) is 6.36. The second kappa shape index (κ2) is 13.6. The highest BCUT2D eigenvalue weighted by atomic mass is 32.2. The molecule has 2 N–H and O–H groups in total. The van der Waals surface area contributed by atoms with Crippen molar-refractivity contribution in [1.82, 2.24) is 0 Å². The van der Waals surface area contributed by atoms with E-state index in [4.69, 9.17) is 5.26 Å². The summed E-state index contributed by atoms with van der Waals surface area (Å²) in [7, 11) is 0. The normalized spacial score (nSPS) is 18.7. The molecule has 1 atom stereocenters. The summed E-state index contributed by atoms with van der Waals surface area (Å²) in [6.45, 7) is 16.4. The maximum absolute atomic E-state index is 12.1. The van der Waals surface area contributed by atoms with Gasteiger partial charge in [0.25, 0.3) is 0 Å². The molecule has 1 unspecified atom stereocenters. The van der Waals surface area contributed by atoms with Gasteiger partial charge in [-0.1, -0.05) is 33.8 Å². The van der Waals surface area contributed by atoms with Gasteiger partial charge in [-0.2, -0.15) is 8.91 Å². The van der Waals surface area contributed by atoms with Crippen LogP contribution in [0.4, 0.5) is 11.4 Å². The van der Waals surface area contributed by atoms with E-state index >= 15 is 0 Å². The van der Waals surface area contributed by atoms with Crippen LogP contribution in [0.1, 0.15) is 85.3 Å². The maximum atomic E-state index is 12.1. The fraction of sp³-hybridized carbons (Fsp3) is 0.471. The SMILES string of the molecule is CCN1C(=CC=CC2=[N+](CCCCCC(=O)C(C)C)c3ccc(SOO)cc3C2(C)C)C(C)(C)c2cc(S(=O)O)ccc21. The van der Waals surface area contributed by atoms with Gasteiger partial charge in [0.15, 0.2) is 16.8 Å². The monoisotopic (exact) mass is 625 g/mol. The van der Waals surface area contributed by atoms with Gasteiger partial charge < -0.3 is 9.45 Å². The van der Waals surface area contributed by atoms with Gasteiger partial charge in [-0.15, -0.1) is 0 Å². The summed E-state index contributed by atoms with van der Waals surface area (Å²) in [4.78, 5) is 15.6. The van der Waals surface area contributed by atoms with E-state index in [1.807, 2.05) is 32.0 Å². The second-order valence-electron chi connectivity index (χ2n) is 12.6. The summed E-state index contributed by atoms with van der Waals surface area (Å²) in [6.07, 6.45) is 9.98. The summed E-state index contributed by atoms with van der Waals surface area (Å²) in [5, 5.41) is 9.03. The number of anilines is 1. The van der Waals surface area contributed by atoms with E-state index in [9.17, 15) is 13.6 Å². The van der Waals surface area contributed by atoms with Crippen molar-refractivity contribution in [2.75, 3.05) is 18.0 Å². The quantitative estimate of drug-likeness (QED) is 0.0579. The topological polar surface area (TPSA) is 90.1 Å². The lowest BCUT2D eigenvalue weighted by Crippen LogP contribution is -2.28. The molecule has 9 heteroatoms. The van der Waals surface area contributed by atoms with Crippen LogP contribution in [0.3, 0.4) is 0 Å². The molecule has 2 aliphatic rings. The van der Waals surface area contributed by atoms with E-state index in [2.05, 4.69) is 78.8 Å². The van der Waals surface area contributed by atoms with Crippen molar-refractivity contribution >= 4 is 46.0 Å². The Morgan fingerprint density at radius 1 is 1.07 bits per heavy atom. The van der Waals surface area contributed by atoms with Crippen LogP contribution in [0, 0.1) is 5.92 Å². The minimum Gasteiger partial charge on any atom is -0.344 e. The number of nitrogens with zero attached hydrogens (tertiary/aromatic N) is 2. The Morgan fingerprint density at radius 3 is 2.47 bits per heavy atom. The number of unbranched alkanes of at least 4 members (excludes halogenated alkanes) is 2. The largest absolute Gasteiger partial charge is 0.344 e. The lowest BCUT2D eigenvalue weighted by atomic mass is 9.81. The molecule has 2 aliphatic heterocycles. The molecule has 0 saturated carbocycles. The minimum absolute atomic E-state index is 0.0855. The van der Waals surface area contributed by atoms with Crippen molar-refractivity contribution in [3.63, 3.8) is 0 Å². The molecule has 2 heterocycles. The van der Waals surface area contributed by atoms with Crippen molar-refractivity contribution in [3.05, 3.63) is 71.5 Å². The Kier molecular flexibility index (Phi) is 10.6. The van der Waals surface area contributed by atoms with Crippen LogP contribution < -0.4 is 4.90 Å². The highest BCUT2D eigenvalue weighted by molar-refractivity contribution is 7.94. The van der Waals surface area contributed by atoms with Crippen LogP contribution in [0.25, 0.3) is 0 Å². The highest BCUT2D eigenvalue weighted by Gasteiger charge is 2.44. The number of carbonyl (C=O) groups excluding carboxylic acids is 1. The first kappa shape index (κ1) is 33.3. The molecule has 232 valence electrons. The van der Waals surface area contributed by atoms with Gasteiger partial charge in [0.05, 0.1) is 22.4 Å². The van der Waals surface area contributed by atoms with Crippen LogP contribution in [-0.2, 0) is 31.0 Å². The predicted molar refractivity (Wildman–Crippen MR) is 176 cm³/mol. The van der Waals surface area contributed by atoms with Crippen molar-refractivity contribution < 1.29 is 27.7 Å². The zero-order valence-electron chi connectivity index (χ0n) is 26.3.